The Hall–Kier alpha value is -2.04. The van der Waals surface area contributed by atoms with E-state index in [4.69, 9.17) is 4.74 Å². The second-order valence-corrected chi connectivity index (χ2v) is 5.12. The van der Waals surface area contributed by atoms with Gasteiger partial charge in [-0.25, -0.2) is 9.59 Å². The van der Waals surface area contributed by atoms with Gasteiger partial charge in [-0.05, 0) is 25.3 Å². The number of benzene rings is 1. The third kappa shape index (κ3) is 4.21. The fraction of sp³-hybridized carbons (Fsp3) is 0.500. The lowest BCUT2D eigenvalue weighted by Gasteiger charge is -2.36. The molecular formula is C16H23NO4. The summed E-state index contributed by atoms with van der Waals surface area (Å²) in [6.07, 6.45) is 0.402. The number of rotatable bonds is 7. The van der Waals surface area contributed by atoms with E-state index in [2.05, 4.69) is 0 Å². The highest BCUT2D eigenvalue weighted by atomic mass is 16.6. The summed E-state index contributed by atoms with van der Waals surface area (Å²) >= 11 is 0. The van der Waals surface area contributed by atoms with Crippen LogP contribution in [0.3, 0.4) is 0 Å². The molecular weight excluding hydrogens is 270 g/mol. The molecule has 0 heterocycles. The molecule has 5 heteroatoms. The van der Waals surface area contributed by atoms with Gasteiger partial charge in [0.2, 0.25) is 0 Å². The van der Waals surface area contributed by atoms with Crippen LogP contribution in [0.1, 0.15) is 39.2 Å². The number of nitrogens with zero attached hydrogens (tertiary/aromatic N) is 1. The maximum atomic E-state index is 12.3. The van der Waals surface area contributed by atoms with Gasteiger partial charge >= 0.3 is 12.1 Å². The normalized spacial score (nSPS) is 13.3. The van der Waals surface area contributed by atoms with Crippen LogP contribution in [0.15, 0.2) is 30.3 Å². The number of amides is 1. The van der Waals surface area contributed by atoms with Gasteiger partial charge in [0.05, 0.1) is 0 Å². The Kier molecular flexibility index (Phi) is 6.21. The van der Waals surface area contributed by atoms with Crippen molar-refractivity contribution >= 4 is 12.1 Å². The first-order chi connectivity index (χ1) is 9.95. The van der Waals surface area contributed by atoms with Crippen molar-refractivity contribution in [2.45, 2.75) is 45.8 Å². The van der Waals surface area contributed by atoms with Crippen molar-refractivity contribution in [1.82, 2.24) is 4.90 Å². The Morgan fingerprint density at radius 2 is 1.86 bits per heavy atom. The molecule has 0 aliphatic heterocycles. The smallest absolute Gasteiger partial charge is 0.411 e. The minimum absolute atomic E-state index is 0.138. The Labute approximate surface area is 125 Å². The van der Waals surface area contributed by atoms with E-state index in [1.807, 2.05) is 37.3 Å². The molecule has 0 saturated heterocycles. The second-order valence-electron chi connectivity index (χ2n) is 5.12. The first-order valence-corrected chi connectivity index (χ1v) is 7.17. The monoisotopic (exact) mass is 293 g/mol. The van der Waals surface area contributed by atoms with Crippen molar-refractivity contribution in [2.24, 2.45) is 0 Å². The summed E-state index contributed by atoms with van der Waals surface area (Å²) < 4.78 is 5.26. The largest absolute Gasteiger partial charge is 0.480 e. The lowest BCUT2D eigenvalue weighted by atomic mass is 9.96. The molecule has 0 aliphatic carbocycles. The number of hydrogen-bond donors (Lipinski definition) is 1. The first-order valence-electron chi connectivity index (χ1n) is 7.17. The zero-order valence-electron chi connectivity index (χ0n) is 12.8. The zero-order chi connectivity index (χ0) is 15.9. The standard InChI is InChI=1S/C16H23NO4/c1-4-11-17(16(3,5-2)14(18)19)15(20)21-12-13-9-7-6-8-10-13/h6-10H,4-5,11-12H2,1-3H3,(H,18,19). The summed E-state index contributed by atoms with van der Waals surface area (Å²) in [5.41, 5.74) is -0.375. The van der Waals surface area contributed by atoms with Gasteiger partial charge in [-0.3, -0.25) is 4.90 Å². The third-order valence-electron chi connectivity index (χ3n) is 3.62. The SMILES string of the molecule is CCCN(C(=O)OCc1ccccc1)C(C)(CC)C(=O)O. The third-order valence-corrected chi connectivity index (χ3v) is 3.62. The van der Waals surface area contributed by atoms with Gasteiger partial charge in [-0.1, -0.05) is 44.2 Å². The average molecular weight is 293 g/mol. The molecule has 0 fully saturated rings. The number of hydrogen-bond acceptors (Lipinski definition) is 3. The summed E-state index contributed by atoms with van der Waals surface area (Å²) in [6.45, 7) is 5.69. The van der Waals surface area contributed by atoms with Crippen molar-refractivity contribution in [1.29, 1.82) is 0 Å². The number of ether oxygens (including phenoxy) is 1. The fourth-order valence-corrected chi connectivity index (χ4v) is 2.02. The molecule has 1 rings (SSSR count). The molecule has 1 amide bonds. The molecule has 0 spiro atoms. The molecule has 0 saturated carbocycles. The quantitative estimate of drug-likeness (QED) is 0.837. The number of carbonyl (C=O) groups excluding carboxylic acids is 1. The van der Waals surface area contributed by atoms with Crippen molar-refractivity contribution < 1.29 is 19.4 Å². The predicted octanol–water partition coefficient (Wildman–Crippen LogP) is 3.29. The summed E-state index contributed by atoms with van der Waals surface area (Å²) in [6, 6.07) is 9.31. The van der Waals surface area contributed by atoms with Crippen LogP contribution in [0, 0.1) is 0 Å². The van der Waals surface area contributed by atoms with Crippen LogP contribution in [-0.2, 0) is 16.1 Å². The topological polar surface area (TPSA) is 66.8 Å². The lowest BCUT2D eigenvalue weighted by molar-refractivity contribution is -0.149. The zero-order valence-corrected chi connectivity index (χ0v) is 12.8. The number of aliphatic carboxylic acids is 1. The fourth-order valence-electron chi connectivity index (χ4n) is 2.02. The predicted molar refractivity (Wildman–Crippen MR) is 80.0 cm³/mol. The van der Waals surface area contributed by atoms with Crippen molar-refractivity contribution in [3.05, 3.63) is 35.9 Å². The van der Waals surface area contributed by atoms with Gasteiger partial charge in [-0.15, -0.1) is 0 Å². The summed E-state index contributed by atoms with van der Waals surface area (Å²) in [5.74, 6) is -1.02. The van der Waals surface area contributed by atoms with Gasteiger partial charge < -0.3 is 9.84 Å². The van der Waals surface area contributed by atoms with Crippen LogP contribution in [0.4, 0.5) is 4.79 Å². The molecule has 1 aromatic carbocycles. The maximum absolute atomic E-state index is 12.3. The molecule has 1 unspecified atom stereocenters. The summed E-state index contributed by atoms with van der Waals surface area (Å²) in [7, 11) is 0. The lowest BCUT2D eigenvalue weighted by Crippen LogP contribution is -2.55. The molecule has 21 heavy (non-hydrogen) atoms. The van der Waals surface area contributed by atoms with Gasteiger partial charge in [0.15, 0.2) is 0 Å². The van der Waals surface area contributed by atoms with E-state index in [-0.39, 0.29) is 6.61 Å². The minimum Gasteiger partial charge on any atom is -0.480 e. The van der Waals surface area contributed by atoms with Crippen molar-refractivity contribution in [3.63, 3.8) is 0 Å². The number of carboxylic acids is 1. The number of carbonyl (C=O) groups is 2. The van der Waals surface area contributed by atoms with Gasteiger partial charge in [-0.2, -0.15) is 0 Å². The minimum atomic E-state index is -1.25. The Balaban J connectivity index is 2.80. The van der Waals surface area contributed by atoms with E-state index >= 15 is 0 Å². The molecule has 0 radical (unpaired) electrons. The van der Waals surface area contributed by atoms with Crippen LogP contribution in [0.2, 0.25) is 0 Å². The van der Waals surface area contributed by atoms with Crippen molar-refractivity contribution in [3.8, 4) is 0 Å². The summed E-state index contributed by atoms with van der Waals surface area (Å²) in [4.78, 5) is 25.1. The maximum Gasteiger partial charge on any atom is 0.411 e. The van der Waals surface area contributed by atoms with Gasteiger partial charge in [0, 0.05) is 6.54 Å². The van der Waals surface area contributed by atoms with Gasteiger partial charge in [0.1, 0.15) is 12.1 Å². The van der Waals surface area contributed by atoms with E-state index < -0.39 is 17.6 Å². The van der Waals surface area contributed by atoms with Crippen LogP contribution < -0.4 is 0 Å². The second kappa shape index (κ2) is 7.67. The van der Waals surface area contributed by atoms with E-state index in [0.29, 0.717) is 19.4 Å². The summed E-state index contributed by atoms with van der Waals surface area (Å²) in [5, 5.41) is 9.41. The van der Waals surface area contributed by atoms with Crippen LogP contribution in [-0.4, -0.2) is 34.2 Å². The van der Waals surface area contributed by atoms with Gasteiger partial charge in [0.25, 0.3) is 0 Å². The Bertz CT molecular complexity index is 474. The van der Waals surface area contributed by atoms with Crippen LogP contribution >= 0.6 is 0 Å². The number of carboxylic acid groups (broad SMARTS) is 1. The van der Waals surface area contributed by atoms with E-state index in [0.717, 1.165) is 5.56 Å². The van der Waals surface area contributed by atoms with E-state index in [1.54, 1.807) is 13.8 Å². The average Bonchev–Trinajstić information content (AvgIpc) is 2.50. The van der Waals surface area contributed by atoms with Crippen LogP contribution in [0.25, 0.3) is 0 Å². The molecule has 0 aliphatic rings. The molecule has 116 valence electrons. The molecule has 5 nitrogen and oxygen atoms in total. The van der Waals surface area contributed by atoms with E-state index in [1.165, 1.54) is 4.90 Å². The molecule has 1 N–H and O–H groups in total. The van der Waals surface area contributed by atoms with Crippen molar-refractivity contribution in [2.75, 3.05) is 6.54 Å². The molecule has 0 bridgehead atoms. The Morgan fingerprint density at radius 1 is 1.24 bits per heavy atom. The first kappa shape index (κ1) is 17.0. The highest BCUT2D eigenvalue weighted by molar-refractivity contribution is 5.83. The molecule has 1 atom stereocenters. The molecule has 1 aromatic rings. The highest BCUT2D eigenvalue weighted by Gasteiger charge is 2.41. The van der Waals surface area contributed by atoms with Crippen LogP contribution in [0.5, 0.6) is 0 Å². The highest BCUT2D eigenvalue weighted by Crippen LogP contribution is 2.22. The Morgan fingerprint density at radius 3 is 2.33 bits per heavy atom. The van der Waals surface area contributed by atoms with E-state index in [9.17, 15) is 14.7 Å². The molecule has 0 aromatic heterocycles.